The minimum absolute atomic E-state index is 0.104. The van der Waals surface area contributed by atoms with Crippen LogP contribution in [0, 0.1) is 5.92 Å². The number of fused-ring (bicyclic) bond motifs is 1. The van der Waals surface area contributed by atoms with E-state index in [1.54, 1.807) is 24.3 Å². The van der Waals surface area contributed by atoms with E-state index in [4.69, 9.17) is 5.73 Å². The van der Waals surface area contributed by atoms with Crippen molar-refractivity contribution in [1.29, 1.82) is 0 Å². The third kappa shape index (κ3) is 2.80. The highest BCUT2D eigenvalue weighted by atomic mass is 16.2. The van der Waals surface area contributed by atoms with Gasteiger partial charge >= 0.3 is 6.03 Å². The van der Waals surface area contributed by atoms with Gasteiger partial charge in [0.05, 0.1) is 0 Å². The molecule has 3 N–H and O–H groups in total. The van der Waals surface area contributed by atoms with E-state index in [1.165, 1.54) is 19.3 Å². The van der Waals surface area contributed by atoms with Gasteiger partial charge < -0.3 is 16.0 Å². The molecule has 22 heavy (non-hydrogen) atoms. The molecule has 0 bridgehead atoms. The van der Waals surface area contributed by atoms with Crippen LogP contribution in [0.3, 0.4) is 0 Å². The Hall–Kier alpha value is -2.04. The smallest absolute Gasteiger partial charge is 0.316 e. The van der Waals surface area contributed by atoms with Crippen molar-refractivity contribution in [3.63, 3.8) is 0 Å². The molecule has 3 amide bonds. The van der Waals surface area contributed by atoms with Gasteiger partial charge in [-0.25, -0.2) is 4.79 Å². The average Bonchev–Trinajstić information content (AvgIpc) is 2.82. The van der Waals surface area contributed by atoms with E-state index in [9.17, 15) is 9.59 Å². The van der Waals surface area contributed by atoms with E-state index in [0.29, 0.717) is 29.3 Å². The van der Waals surface area contributed by atoms with Crippen molar-refractivity contribution in [2.24, 2.45) is 11.7 Å². The first-order valence-corrected chi connectivity index (χ1v) is 8.05. The number of urea groups is 1. The molecule has 5 heteroatoms. The molecule has 3 rings (SSSR count). The summed E-state index contributed by atoms with van der Waals surface area (Å²) in [6.07, 6.45) is 6.02. The number of carbonyl (C=O) groups excluding carboxylic acids is 2. The summed E-state index contributed by atoms with van der Waals surface area (Å²) in [6, 6.07) is 7.07. The maximum absolute atomic E-state index is 12.9. The number of hydrogen-bond acceptors (Lipinski definition) is 2. The summed E-state index contributed by atoms with van der Waals surface area (Å²) >= 11 is 0. The maximum atomic E-state index is 12.9. The van der Waals surface area contributed by atoms with Gasteiger partial charge in [0.1, 0.15) is 0 Å². The van der Waals surface area contributed by atoms with Crippen molar-refractivity contribution in [3.05, 3.63) is 29.8 Å². The van der Waals surface area contributed by atoms with Gasteiger partial charge in [-0.15, -0.1) is 0 Å². The Kier molecular flexibility index (Phi) is 4.05. The number of anilines is 1. The number of carbonyl (C=O) groups is 2. The van der Waals surface area contributed by atoms with E-state index in [0.717, 1.165) is 12.8 Å². The number of nitrogens with zero attached hydrogens (tertiary/aromatic N) is 1. The lowest BCUT2D eigenvalue weighted by molar-refractivity contribution is 0.0633. The molecule has 1 aromatic rings. The van der Waals surface area contributed by atoms with Crippen molar-refractivity contribution in [2.45, 2.75) is 51.1 Å². The summed E-state index contributed by atoms with van der Waals surface area (Å²) in [6.45, 7) is 2.15. The zero-order valence-electron chi connectivity index (χ0n) is 12.9. The van der Waals surface area contributed by atoms with Crippen LogP contribution in [0.15, 0.2) is 24.3 Å². The van der Waals surface area contributed by atoms with Gasteiger partial charge in [-0.1, -0.05) is 12.8 Å². The van der Waals surface area contributed by atoms with Crippen LogP contribution < -0.4 is 11.1 Å². The first-order chi connectivity index (χ1) is 10.6. The zero-order valence-corrected chi connectivity index (χ0v) is 12.9. The number of amides is 3. The van der Waals surface area contributed by atoms with Crippen LogP contribution in [0.1, 0.15) is 49.4 Å². The lowest BCUT2D eigenvalue weighted by Crippen LogP contribution is -2.42. The molecule has 1 saturated heterocycles. The van der Waals surface area contributed by atoms with E-state index in [-0.39, 0.29) is 5.91 Å². The number of nitrogens with two attached hydrogens (primary N) is 1. The van der Waals surface area contributed by atoms with Crippen molar-refractivity contribution < 1.29 is 9.59 Å². The number of likely N-dealkylation sites (tertiary alicyclic amines) is 1. The van der Waals surface area contributed by atoms with Crippen LogP contribution in [0.25, 0.3) is 0 Å². The zero-order chi connectivity index (χ0) is 15.7. The normalized spacial score (nSPS) is 27.3. The van der Waals surface area contributed by atoms with Crippen LogP contribution in [-0.4, -0.2) is 28.9 Å². The predicted octanol–water partition coefficient (Wildman–Crippen LogP) is 2.97. The molecule has 2 aliphatic rings. The number of nitrogens with one attached hydrogen (secondary N) is 1. The largest absolute Gasteiger partial charge is 0.351 e. The number of primary amides is 1. The fraction of sp³-hybridized carbons (Fsp3) is 0.529. The second kappa shape index (κ2) is 5.99. The van der Waals surface area contributed by atoms with Gasteiger partial charge in [-0.2, -0.15) is 0 Å². The summed E-state index contributed by atoms with van der Waals surface area (Å²) in [5, 5.41) is 2.51. The predicted molar refractivity (Wildman–Crippen MR) is 85.6 cm³/mol. The van der Waals surface area contributed by atoms with Gasteiger partial charge in [0.2, 0.25) is 0 Å². The van der Waals surface area contributed by atoms with Crippen molar-refractivity contribution >= 4 is 17.6 Å². The minimum atomic E-state index is -0.600. The molecule has 118 valence electrons. The highest BCUT2D eigenvalue weighted by Gasteiger charge is 2.42. The molecule has 0 aromatic heterocycles. The molecule has 0 spiro atoms. The Morgan fingerprint density at radius 2 is 1.86 bits per heavy atom. The molecule has 1 heterocycles. The minimum Gasteiger partial charge on any atom is -0.351 e. The van der Waals surface area contributed by atoms with Gasteiger partial charge in [0.25, 0.3) is 5.91 Å². The molecule has 1 saturated carbocycles. The van der Waals surface area contributed by atoms with Crippen molar-refractivity contribution in [1.82, 2.24) is 4.90 Å². The summed E-state index contributed by atoms with van der Waals surface area (Å²) in [4.78, 5) is 25.8. The fourth-order valence-corrected chi connectivity index (χ4v) is 4.05. The SMILES string of the molecule is C[C@@H]1C[C@H]2CCCC[C@@H]2N1C(=O)c1ccc(NC(N)=O)cc1. The maximum Gasteiger partial charge on any atom is 0.316 e. The van der Waals surface area contributed by atoms with Crippen molar-refractivity contribution in [2.75, 3.05) is 5.32 Å². The van der Waals surface area contributed by atoms with E-state index in [1.807, 2.05) is 0 Å². The molecule has 2 fully saturated rings. The lowest BCUT2D eigenvalue weighted by atomic mass is 9.85. The van der Waals surface area contributed by atoms with Crippen LogP contribution >= 0.6 is 0 Å². The number of hydrogen-bond donors (Lipinski definition) is 2. The molecule has 3 atom stereocenters. The number of rotatable bonds is 2. The molecule has 0 radical (unpaired) electrons. The quantitative estimate of drug-likeness (QED) is 0.881. The van der Waals surface area contributed by atoms with Gasteiger partial charge in [0, 0.05) is 23.3 Å². The van der Waals surface area contributed by atoms with E-state index >= 15 is 0 Å². The molecular weight excluding hydrogens is 278 g/mol. The topological polar surface area (TPSA) is 75.4 Å². The second-order valence-electron chi connectivity index (χ2n) is 6.48. The first kappa shape index (κ1) is 14.9. The Bertz CT molecular complexity index is 570. The first-order valence-electron chi connectivity index (χ1n) is 8.05. The highest BCUT2D eigenvalue weighted by molar-refractivity contribution is 5.96. The van der Waals surface area contributed by atoms with E-state index in [2.05, 4.69) is 17.1 Å². The van der Waals surface area contributed by atoms with Gasteiger partial charge in [0.15, 0.2) is 0 Å². The summed E-state index contributed by atoms with van der Waals surface area (Å²) < 4.78 is 0. The highest BCUT2D eigenvalue weighted by Crippen LogP contribution is 2.40. The summed E-state index contributed by atoms with van der Waals surface area (Å²) in [7, 11) is 0. The van der Waals surface area contributed by atoms with Gasteiger partial charge in [-0.3, -0.25) is 4.79 Å². The second-order valence-corrected chi connectivity index (χ2v) is 6.48. The third-order valence-electron chi connectivity index (χ3n) is 4.98. The molecule has 0 unspecified atom stereocenters. The Morgan fingerprint density at radius 3 is 2.55 bits per heavy atom. The van der Waals surface area contributed by atoms with Crippen LogP contribution in [0.2, 0.25) is 0 Å². The molecular formula is C17H23N3O2. The van der Waals surface area contributed by atoms with Crippen LogP contribution in [-0.2, 0) is 0 Å². The Labute approximate surface area is 130 Å². The summed E-state index contributed by atoms with van der Waals surface area (Å²) in [5.74, 6) is 0.774. The molecule has 1 aliphatic carbocycles. The van der Waals surface area contributed by atoms with Crippen LogP contribution in [0.5, 0.6) is 0 Å². The van der Waals surface area contributed by atoms with E-state index < -0.39 is 6.03 Å². The standard InChI is InChI=1S/C17H23N3O2/c1-11-10-13-4-2-3-5-15(13)20(11)16(21)12-6-8-14(9-7-12)19-17(18)22/h6-9,11,13,15H,2-5,10H2,1H3,(H3,18,19,22)/t11-,13-,15+/m1/s1. The molecule has 1 aliphatic heterocycles. The number of benzene rings is 1. The lowest BCUT2D eigenvalue weighted by Gasteiger charge is -2.33. The third-order valence-corrected chi connectivity index (χ3v) is 4.98. The fourth-order valence-electron chi connectivity index (χ4n) is 4.05. The Morgan fingerprint density at radius 1 is 1.18 bits per heavy atom. The van der Waals surface area contributed by atoms with Gasteiger partial charge in [-0.05, 0) is 56.4 Å². The van der Waals surface area contributed by atoms with Crippen LogP contribution in [0.4, 0.5) is 10.5 Å². The average molecular weight is 301 g/mol. The Balaban J connectivity index is 1.76. The van der Waals surface area contributed by atoms with Crippen molar-refractivity contribution in [3.8, 4) is 0 Å². The monoisotopic (exact) mass is 301 g/mol. The molecule has 5 nitrogen and oxygen atoms in total. The summed E-state index contributed by atoms with van der Waals surface area (Å²) in [5.41, 5.74) is 6.37. The molecule has 1 aromatic carbocycles.